The van der Waals surface area contributed by atoms with Crippen LogP contribution in [0.2, 0.25) is 0 Å². The number of nitriles is 1. The molecular weight excluding hydrogens is 324 g/mol. The van der Waals surface area contributed by atoms with Gasteiger partial charge in [0.05, 0.1) is 17.2 Å². The Labute approximate surface area is 153 Å². The molecule has 2 aliphatic heterocycles. The minimum Gasteiger partial charge on any atom is -0.381 e. The van der Waals surface area contributed by atoms with E-state index >= 15 is 0 Å². The summed E-state index contributed by atoms with van der Waals surface area (Å²) in [6, 6.07) is 10.6. The Morgan fingerprint density at radius 2 is 1.96 bits per heavy atom. The predicted molar refractivity (Wildman–Crippen MR) is 99.8 cm³/mol. The van der Waals surface area contributed by atoms with E-state index in [4.69, 9.17) is 4.74 Å². The maximum absolute atomic E-state index is 12.3. The van der Waals surface area contributed by atoms with Gasteiger partial charge < -0.3 is 4.74 Å². The molecule has 0 aromatic heterocycles. The summed E-state index contributed by atoms with van der Waals surface area (Å²) in [6.07, 6.45) is 11.9. The third-order valence-electron chi connectivity index (χ3n) is 5.39. The summed E-state index contributed by atoms with van der Waals surface area (Å²) in [5.74, 6) is -0.0609. The first-order valence-corrected chi connectivity index (χ1v) is 8.97. The van der Waals surface area contributed by atoms with Gasteiger partial charge in [0.25, 0.3) is 5.91 Å². The first-order chi connectivity index (χ1) is 12.7. The molecule has 4 heteroatoms. The van der Waals surface area contributed by atoms with Crippen LogP contribution in [0, 0.1) is 17.2 Å². The Bertz CT molecular complexity index is 876. The fraction of sp³-hybridized carbons (Fsp3) is 0.318. The zero-order valence-electron chi connectivity index (χ0n) is 14.5. The third-order valence-corrected chi connectivity index (χ3v) is 5.39. The lowest BCUT2D eigenvalue weighted by Crippen LogP contribution is -2.32. The van der Waals surface area contributed by atoms with Crippen molar-refractivity contribution in [1.82, 2.24) is 0 Å². The molecule has 4 rings (SSSR count). The zero-order chi connectivity index (χ0) is 18.0. The summed E-state index contributed by atoms with van der Waals surface area (Å²) in [5, 5.41) is 9.68. The molecule has 0 bridgehead atoms. The van der Waals surface area contributed by atoms with Crippen molar-refractivity contribution in [2.75, 3.05) is 13.2 Å². The van der Waals surface area contributed by atoms with E-state index in [9.17, 15) is 10.1 Å². The molecule has 1 unspecified atom stereocenters. The molecule has 1 aromatic carbocycles. The molecular formula is C22H20N2O2. The Morgan fingerprint density at radius 1 is 1.19 bits per heavy atom. The van der Waals surface area contributed by atoms with Gasteiger partial charge in [-0.1, -0.05) is 48.6 Å². The van der Waals surface area contributed by atoms with Gasteiger partial charge in [-0.3, -0.25) is 4.79 Å². The first kappa shape index (κ1) is 16.7. The Kier molecular flexibility index (Phi) is 4.40. The van der Waals surface area contributed by atoms with Crippen LogP contribution in [0.25, 0.3) is 0 Å². The maximum atomic E-state index is 12.3. The van der Waals surface area contributed by atoms with Crippen molar-refractivity contribution < 1.29 is 9.53 Å². The lowest BCUT2D eigenvalue weighted by atomic mass is 9.75. The molecule has 1 aliphatic carbocycles. The number of allylic oxidation sites excluding steroid dienone is 5. The van der Waals surface area contributed by atoms with Crippen molar-refractivity contribution in [2.24, 2.45) is 10.9 Å². The van der Waals surface area contributed by atoms with E-state index in [1.54, 1.807) is 0 Å². The number of amides is 1. The van der Waals surface area contributed by atoms with E-state index in [2.05, 4.69) is 17.1 Å². The number of aliphatic imine (C=N–C) groups is 1. The van der Waals surface area contributed by atoms with Crippen LogP contribution < -0.4 is 0 Å². The number of hydrogen-bond acceptors (Lipinski definition) is 3. The zero-order valence-corrected chi connectivity index (χ0v) is 14.5. The number of benzene rings is 1. The van der Waals surface area contributed by atoms with Gasteiger partial charge in [-0.25, -0.2) is 4.99 Å². The molecule has 0 N–H and O–H groups in total. The standard InChI is InChI=1S/C22H20N2O2/c23-15-22(9-11-26-12-10-22)19-7-5-16(6-8-19)13-18-14-17-3-1-2-4-20(17)24-21(18)25/h1-8,14,17H,9-13H2. The van der Waals surface area contributed by atoms with E-state index in [-0.39, 0.29) is 11.8 Å². The fourth-order valence-corrected chi connectivity index (χ4v) is 3.76. The Morgan fingerprint density at radius 3 is 2.69 bits per heavy atom. The number of carbonyl (C=O) groups excluding carboxylic acids is 1. The molecule has 4 nitrogen and oxygen atoms in total. The summed E-state index contributed by atoms with van der Waals surface area (Å²) in [7, 11) is 0. The largest absolute Gasteiger partial charge is 0.381 e. The highest BCUT2D eigenvalue weighted by atomic mass is 16.5. The van der Waals surface area contributed by atoms with Crippen molar-refractivity contribution in [3.8, 4) is 6.07 Å². The van der Waals surface area contributed by atoms with Gasteiger partial charge >= 0.3 is 0 Å². The molecule has 2 heterocycles. The summed E-state index contributed by atoms with van der Waals surface area (Å²) in [5.41, 5.74) is 3.19. The minimum atomic E-state index is -0.449. The van der Waals surface area contributed by atoms with Gasteiger partial charge in [0.1, 0.15) is 0 Å². The van der Waals surface area contributed by atoms with Crippen LogP contribution in [0.5, 0.6) is 0 Å². The molecule has 0 radical (unpaired) electrons. The Hall–Kier alpha value is -2.77. The van der Waals surface area contributed by atoms with Crippen molar-refractivity contribution >= 4 is 11.6 Å². The topological polar surface area (TPSA) is 62.5 Å². The van der Waals surface area contributed by atoms with Crippen LogP contribution in [0.15, 0.2) is 65.2 Å². The number of dihydropyridines is 1. The molecule has 26 heavy (non-hydrogen) atoms. The maximum Gasteiger partial charge on any atom is 0.273 e. The molecule has 1 aromatic rings. The summed E-state index contributed by atoms with van der Waals surface area (Å²) < 4.78 is 5.41. The van der Waals surface area contributed by atoms with Crippen molar-refractivity contribution in [2.45, 2.75) is 24.7 Å². The van der Waals surface area contributed by atoms with Crippen LogP contribution in [-0.4, -0.2) is 24.8 Å². The molecule has 0 spiro atoms. The van der Waals surface area contributed by atoms with E-state index in [1.807, 2.05) is 48.6 Å². The molecule has 1 amide bonds. The molecule has 3 aliphatic rings. The second kappa shape index (κ2) is 6.86. The average molecular weight is 344 g/mol. The lowest BCUT2D eigenvalue weighted by molar-refractivity contribution is -0.114. The summed E-state index contributed by atoms with van der Waals surface area (Å²) in [4.78, 5) is 16.5. The number of nitrogens with zero attached hydrogens (tertiary/aromatic N) is 2. The summed E-state index contributed by atoms with van der Waals surface area (Å²) >= 11 is 0. The third kappa shape index (κ3) is 3.07. The van der Waals surface area contributed by atoms with E-state index in [1.165, 1.54) is 0 Å². The van der Waals surface area contributed by atoms with Crippen molar-refractivity contribution in [3.63, 3.8) is 0 Å². The van der Waals surface area contributed by atoms with E-state index < -0.39 is 5.41 Å². The quantitative estimate of drug-likeness (QED) is 0.844. The smallest absolute Gasteiger partial charge is 0.273 e. The van der Waals surface area contributed by atoms with Crippen molar-refractivity contribution in [1.29, 1.82) is 5.26 Å². The monoisotopic (exact) mass is 344 g/mol. The molecule has 1 fully saturated rings. The van der Waals surface area contributed by atoms with Gasteiger partial charge in [-0.15, -0.1) is 0 Å². The SMILES string of the molecule is N#CC1(c2ccc(CC3=CC4C=CC=CC4=NC3=O)cc2)CCOCC1. The molecule has 1 saturated heterocycles. The number of fused-ring (bicyclic) bond motifs is 1. The van der Waals surface area contributed by atoms with Crippen LogP contribution in [-0.2, 0) is 21.4 Å². The lowest BCUT2D eigenvalue weighted by Gasteiger charge is -2.31. The van der Waals surface area contributed by atoms with E-state index in [0.29, 0.717) is 19.6 Å². The van der Waals surface area contributed by atoms with Crippen LogP contribution >= 0.6 is 0 Å². The average Bonchev–Trinajstić information content (AvgIpc) is 2.69. The highest BCUT2D eigenvalue weighted by Crippen LogP contribution is 2.34. The number of hydrogen-bond donors (Lipinski definition) is 0. The second-order valence-electron chi connectivity index (χ2n) is 6.98. The minimum absolute atomic E-state index is 0.0936. The number of carbonyl (C=O) groups is 1. The van der Waals surface area contributed by atoms with E-state index in [0.717, 1.165) is 35.3 Å². The Balaban J connectivity index is 1.52. The van der Waals surface area contributed by atoms with Gasteiger partial charge in [0.15, 0.2) is 0 Å². The molecule has 0 saturated carbocycles. The van der Waals surface area contributed by atoms with Gasteiger partial charge in [-0.05, 0) is 30.0 Å². The number of ether oxygens (including phenoxy) is 1. The molecule has 130 valence electrons. The molecule has 1 atom stereocenters. The first-order valence-electron chi connectivity index (χ1n) is 8.97. The number of rotatable bonds is 3. The van der Waals surface area contributed by atoms with Crippen LogP contribution in [0.1, 0.15) is 24.0 Å². The van der Waals surface area contributed by atoms with Gasteiger partial charge in [-0.2, -0.15) is 5.26 Å². The highest BCUT2D eigenvalue weighted by molar-refractivity contribution is 6.13. The predicted octanol–water partition coefficient (Wildman–Crippen LogP) is 3.45. The van der Waals surface area contributed by atoms with Crippen molar-refractivity contribution in [3.05, 3.63) is 71.3 Å². The van der Waals surface area contributed by atoms with Gasteiger partial charge in [0.2, 0.25) is 0 Å². The van der Waals surface area contributed by atoms with Crippen LogP contribution in [0.3, 0.4) is 0 Å². The second-order valence-corrected chi connectivity index (χ2v) is 6.98. The van der Waals surface area contributed by atoms with Gasteiger partial charge in [0, 0.05) is 31.1 Å². The summed E-state index contributed by atoms with van der Waals surface area (Å²) in [6.45, 7) is 1.25. The fourth-order valence-electron chi connectivity index (χ4n) is 3.76. The normalized spacial score (nSPS) is 23.7. The highest BCUT2D eigenvalue weighted by Gasteiger charge is 2.34. The van der Waals surface area contributed by atoms with Crippen LogP contribution in [0.4, 0.5) is 0 Å².